The van der Waals surface area contributed by atoms with Crippen molar-refractivity contribution in [3.63, 3.8) is 0 Å². The Morgan fingerprint density at radius 2 is 1.71 bits per heavy atom. The molecular formula is C25H32ClN3O6. The van der Waals surface area contributed by atoms with Crippen LogP contribution in [-0.4, -0.2) is 67.2 Å². The maximum Gasteiger partial charge on any atom is 0.328 e. The number of hydrogen-bond acceptors (Lipinski definition) is 6. The molecule has 4 rings (SSSR count). The van der Waals surface area contributed by atoms with Gasteiger partial charge in [-0.05, 0) is 63.6 Å². The number of ether oxygens (including phenoxy) is 2. The summed E-state index contributed by atoms with van der Waals surface area (Å²) in [5.74, 6) is -0.566. The lowest BCUT2D eigenvalue weighted by Crippen LogP contribution is -2.49. The van der Waals surface area contributed by atoms with Gasteiger partial charge in [-0.3, -0.25) is 24.6 Å². The van der Waals surface area contributed by atoms with E-state index in [-0.39, 0.29) is 48.9 Å². The molecule has 2 aliphatic heterocycles. The number of esters is 1. The third-order valence-electron chi connectivity index (χ3n) is 6.95. The first-order chi connectivity index (χ1) is 16.9. The Balaban J connectivity index is 1.28. The summed E-state index contributed by atoms with van der Waals surface area (Å²) in [7, 11) is 0. The number of nitrogens with zero attached hydrogens (tertiary/aromatic N) is 2. The highest BCUT2D eigenvalue weighted by Gasteiger charge is 2.32. The van der Waals surface area contributed by atoms with Crippen LogP contribution in [-0.2, 0) is 19.1 Å². The van der Waals surface area contributed by atoms with Crippen LogP contribution in [0.4, 0.5) is 10.5 Å². The fourth-order valence-corrected chi connectivity index (χ4v) is 5.21. The van der Waals surface area contributed by atoms with Gasteiger partial charge in [0, 0.05) is 31.6 Å². The number of likely N-dealkylation sites (tertiary alicyclic amines) is 1. The van der Waals surface area contributed by atoms with Gasteiger partial charge in [0.2, 0.25) is 5.91 Å². The topological polar surface area (TPSA) is 105 Å². The molecular weight excluding hydrogens is 474 g/mol. The fourth-order valence-electron chi connectivity index (χ4n) is 4.99. The summed E-state index contributed by atoms with van der Waals surface area (Å²) in [6.45, 7) is 3.62. The molecule has 3 fully saturated rings. The van der Waals surface area contributed by atoms with Crippen molar-refractivity contribution in [2.45, 2.75) is 64.1 Å². The molecule has 2 heterocycles. The van der Waals surface area contributed by atoms with Gasteiger partial charge in [-0.1, -0.05) is 11.6 Å². The molecule has 0 aromatic heterocycles. The lowest BCUT2D eigenvalue weighted by molar-refractivity contribution is -0.150. The predicted octanol–water partition coefficient (Wildman–Crippen LogP) is 3.53. The van der Waals surface area contributed by atoms with E-state index in [2.05, 4.69) is 5.32 Å². The minimum atomic E-state index is -0.540. The van der Waals surface area contributed by atoms with Gasteiger partial charge in [-0.25, -0.2) is 4.79 Å². The Bertz CT molecular complexity index is 970. The Labute approximate surface area is 210 Å². The number of nitrogens with one attached hydrogen (secondary N) is 1. The van der Waals surface area contributed by atoms with Crippen molar-refractivity contribution in [1.82, 2.24) is 10.2 Å². The van der Waals surface area contributed by atoms with Gasteiger partial charge in [0.15, 0.2) is 0 Å². The SMILES string of the molecule is CCOC(=O)C1CCC(OC2CCN(C(=O)c3ccc(Cl)c(N4CCC(=O)NC4=O)c3)CC2)CC1. The molecule has 0 atom stereocenters. The predicted molar refractivity (Wildman–Crippen MR) is 129 cm³/mol. The van der Waals surface area contributed by atoms with Crippen molar-refractivity contribution in [2.24, 2.45) is 5.92 Å². The van der Waals surface area contributed by atoms with Crippen LogP contribution in [0.5, 0.6) is 0 Å². The number of rotatable bonds is 6. The van der Waals surface area contributed by atoms with E-state index in [9.17, 15) is 19.2 Å². The second-order valence-corrected chi connectivity index (χ2v) is 9.68. The first-order valence-electron chi connectivity index (χ1n) is 12.4. The van der Waals surface area contributed by atoms with Crippen LogP contribution < -0.4 is 10.2 Å². The summed E-state index contributed by atoms with van der Waals surface area (Å²) in [6, 6.07) is 4.34. The molecule has 9 nitrogen and oxygen atoms in total. The fraction of sp³-hybridized carbons (Fsp3) is 0.600. The van der Waals surface area contributed by atoms with E-state index < -0.39 is 6.03 Å². The highest BCUT2D eigenvalue weighted by atomic mass is 35.5. The van der Waals surface area contributed by atoms with Crippen LogP contribution in [0.15, 0.2) is 18.2 Å². The molecule has 0 radical (unpaired) electrons. The van der Waals surface area contributed by atoms with Crippen molar-refractivity contribution in [3.05, 3.63) is 28.8 Å². The zero-order valence-electron chi connectivity index (χ0n) is 20.0. The van der Waals surface area contributed by atoms with E-state index in [1.54, 1.807) is 23.1 Å². The zero-order valence-corrected chi connectivity index (χ0v) is 20.7. The highest BCUT2D eigenvalue weighted by molar-refractivity contribution is 6.34. The Morgan fingerprint density at radius 1 is 1.03 bits per heavy atom. The summed E-state index contributed by atoms with van der Waals surface area (Å²) in [5, 5.41) is 2.62. The third-order valence-corrected chi connectivity index (χ3v) is 7.27. The maximum absolute atomic E-state index is 13.2. The number of imide groups is 1. The average molecular weight is 506 g/mol. The van der Waals surface area contributed by atoms with E-state index in [0.717, 1.165) is 38.5 Å². The van der Waals surface area contributed by atoms with Crippen LogP contribution >= 0.6 is 11.6 Å². The molecule has 10 heteroatoms. The van der Waals surface area contributed by atoms with E-state index in [1.165, 1.54) is 4.90 Å². The number of hydrogen-bond donors (Lipinski definition) is 1. The minimum absolute atomic E-state index is 0.0185. The van der Waals surface area contributed by atoms with E-state index >= 15 is 0 Å². The Hall–Kier alpha value is -2.65. The summed E-state index contributed by atoms with van der Waals surface area (Å²) >= 11 is 6.30. The molecule has 1 aromatic rings. The summed E-state index contributed by atoms with van der Waals surface area (Å²) < 4.78 is 11.4. The van der Waals surface area contributed by atoms with Crippen molar-refractivity contribution < 1.29 is 28.7 Å². The second-order valence-electron chi connectivity index (χ2n) is 9.27. The smallest absolute Gasteiger partial charge is 0.328 e. The van der Waals surface area contributed by atoms with Crippen molar-refractivity contribution in [1.29, 1.82) is 0 Å². The van der Waals surface area contributed by atoms with Crippen LogP contribution in [0.1, 0.15) is 62.2 Å². The number of piperidine rings is 1. The molecule has 0 unspecified atom stereocenters. The number of urea groups is 1. The van der Waals surface area contributed by atoms with Crippen molar-refractivity contribution in [2.75, 3.05) is 31.1 Å². The lowest BCUT2D eigenvalue weighted by Gasteiger charge is -2.36. The molecule has 1 saturated carbocycles. The highest BCUT2D eigenvalue weighted by Crippen LogP contribution is 2.31. The van der Waals surface area contributed by atoms with Crippen molar-refractivity contribution >= 4 is 41.1 Å². The minimum Gasteiger partial charge on any atom is -0.466 e. The Kier molecular flexibility index (Phi) is 8.28. The van der Waals surface area contributed by atoms with Crippen molar-refractivity contribution in [3.8, 4) is 0 Å². The number of carbonyl (C=O) groups excluding carboxylic acids is 4. The van der Waals surface area contributed by atoms with Crippen LogP contribution in [0.2, 0.25) is 5.02 Å². The van der Waals surface area contributed by atoms with Crippen LogP contribution in [0, 0.1) is 5.92 Å². The second kappa shape index (κ2) is 11.4. The van der Waals surface area contributed by atoms with Gasteiger partial charge in [0.1, 0.15) is 0 Å². The molecule has 3 aliphatic rings. The van der Waals surface area contributed by atoms with E-state index in [4.69, 9.17) is 21.1 Å². The largest absolute Gasteiger partial charge is 0.466 e. The Morgan fingerprint density at radius 3 is 2.37 bits per heavy atom. The standard InChI is InChI=1S/C25H32ClN3O6/c1-2-34-24(32)16-3-6-18(7-4-16)35-19-9-12-28(13-10-19)23(31)17-5-8-20(26)21(15-17)29-14-11-22(30)27-25(29)33/h5,8,15-16,18-19H,2-4,6-7,9-14H2,1H3,(H,27,30,33). The van der Waals surface area contributed by atoms with E-state index in [0.29, 0.717) is 36.0 Å². The molecule has 4 amide bonds. The quantitative estimate of drug-likeness (QED) is 0.593. The molecule has 2 saturated heterocycles. The van der Waals surface area contributed by atoms with Gasteiger partial charge < -0.3 is 14.4 Å². The summed E-state index contributed by atoms with van der Waals surface area (Å²) in [4.78, 5) is 51.9. The molecule has 190 valence electrons. The first kappa shape index (κ1) is 25.4. The molecule has 35 heavy (non-hydrogen) atoms. The number of amides is 4. The monoisotopic (exact) mass is 505 g/mol. The average Bonchev–Trinajstić information content (AvgIpc) is 2.85. The normalized spacial score (nSPS) is 23.7. The number of halogens is 1. The lowest BCUT2D eigenvalue weighted by atomic mass is 9.87. The van der Waals surface area contributed by atoms with Gasteiger partial charge in [0.25, 0.3) is 5.91 Å². The summed E-state index contributed by atoms with van der Waals surface area (Å²) in [6.07, 6.45) is 5.22. The molecule has 1 aromatic carbocycles. The van der Waals surface area contributed by atoms with Gasteiger partial charge in [-0.2, -0.15) is 0 Å². The van der Waals surface area contributed by atoms with Gasteiger partial charge >= 0.3 is 12.0 Å². The molecule has 0 spiro atoms. The third kappa shape index (κ3) is 6.13. The van der Waals surface area contributed by atoms with Crippen LogP contribution in [0.25, 0.3) is 0 Å². The van der Waals surface area contributed by atoms with Gasteiger partial charge in [0.05, 0.1) is 35.4 Å². The van der Waals surface area contributed by atoms with E-state index in [1.807, 2.05) is 6.92 Å². The number of benzene rings is 1. The van der Waals surface area contributed by atoms with Crippen LogP contribution in [0.3, 0.4) is 0 Å². The summed E-state index contributed by atoms with van der Waals surface area (Å²) in [5.41, 5.74) is 0.866. The van der Waals surface area contributed by atoms with Gasteiger partial charge in [-0.15, -0.1) is 0 Å². The zero-order chi connectivity index (χ0) is 24.9. The molecule has 1 aliphatic carbocycles. The number of carbonyl (C=O) groups is 4. The maximum atomic E-state index is 13.2. The first-order valence-corrected chi connectivity index (χ1v) is 12.8. The number of anilines is 1. The molecule has 1 N–H and O–H groups in total. The molecule has 0 bridgehead atoms.